The Hall–Kier alpha value is -1.42. The van der Waals surface area contributed by atoms with Crippen LogP contribution in [-0.4, -0.2) is 17.5 Å². The van der Waals surface area contributed by atoms with Crippen LogP contribution in [0.25, 0.3) is 0 Å². The number of aryl methyl sites for hydroxylation is 1. The Morgan fingerprint density at radius 1 is 1.41 bits per heavy atom. The van der Waals surface area contributed by atoms with E-state index in [4.69, 9.17) is 0 Å². The lowest BCUT2D eigenvalue weighted by atomic mass is 9.99. The van der Waals surface area contributed by atoms with E-state index in [-0.39, 0.29) is 10.6 Å². The predicted molar refractivity (Wildman–Crippen MR) is 69.3 cm³/mol. The van der Waals surface area contributed by atoms with Crippen molar-refractivity contribution in [3.8, 4) is 0 Å². The summed E-state index contributed by atoms with van der Waals surface area (Å²) in [4.78, 5) is 10.3. The van der Waals surface area contributed by atoms with Crippen LogP contribution in [0.2, 0.25) is 0 Å². The van der Waals surface area contributed by atoms with Crippen molar-refractivity contribution in [2.45, 2.75) is 39.7 Å². The lowest BCUT2D eigenvalue weighted by Crippen LogP contribution is -2.30. The van der Waals surface area contributed by atoms with Gasteiger partial charge in [0.15, 0.2) is 0 Å². The topological polar surface area (TPSA) is 55.2 Å². The third-order valence-electron chi connectivity index (χ3n) is 2.99. The minimum atomic E-state index is -0.349. The van der Waals surface area contributed by atoms with Gasteiger partial charge >= 0.3 is 0 Å². The third-order valence-corrected chi connectivity index (χ3v) is 2.99. The standard InChI is InChI=1S/C13H20N2O2/c1-4-12(14-5-2)9-11-6-7-13(15(16)17)8-10(11)3/h6-8,12,14H,4-5,9H2,1-3H3. The first-order valence-electron chi connectivity index (χ1n) is 6.05. The van der Waals surface area contributed by atoms with Crippen LogP contribution < -0.4 is 5.32 Å². The summed E-state index contributed by atoms with van der Waals surface area (Å²) in [6, 6.07) is 5.54. The van der Waals surface area contributed by atoms with E-state index in [0.29, 0.717) is 6.04 Å². The quantitative estimate of drug-likeness (QED) is 0.610. The minimum Gasteiger partial charge on any atom is -0.314 e. The number of nitro benzene ring substituents is 1. The fourth-order valence-electron chi connectivity index (χ4n) is 1.94. The van der Waals surface area contributed by atoms with Gasteiger partial charge in [-0.15, -0.1) is 0 Å². The summed E-state index contributed by atoms with van der Waals surface area (Å²) in [6.07, 6.45) is 1.98. The number of hydrogen-bond acceptors (Lipinski definition) is 3. The second kappa shape index (κ2) is 6.35. The average molecular weight is 236 g/mol. The van der Waals surface area contributed by atoms with E-state index in [0.717, 1.165) is 24.9 Å². The molecule has 0 heterocycles. The van der Waals surface area contributed by atoms with Crippen molar-refractivity contribution in [3.05, 3.63) is 39.4 Å². The molecule has 0 aliphatic rings. The van der Waals surface area contributed by atoms with Gasteiger partial charge < -0.3 is 5.32 Å². The number of rotatable bonds is 6. The Labute approximate surface area is 102 Å². The Kier molecular flexibility index (Phi) is 5.10. The molecule has 1 N–H and O–H groups in total. The predicted octanol–water partition coefficient (Wildman–Crippen LogP) is 2.83. The molecule has 0 radical (unpaired) electrons. The fraction of sp³-hybridized carbons (Fsp3) is 0.538. The van der Waals surface area contributed by atoms with E-state index in [9.17, 15) is 10.1 Å². The summed E-state index contributed by atoms with van der Waals surface area (Å²) in [6.45, 7) is 7.12. The number of nitrogens with one attached hydrogen (secondary N) is 1. The Morgan fingerprint density at radius 2 is 2.12 bits per heavy atom. The number of likely N-dealkylation sites (N-methyl/N-ethyl adjacent to an activating group) is 1. The molecule has 0 spiro atoms. The highest BCUT2D eigenvalue weighted by atomic mass is 16.6. The summed E-state index contributed by atoms with van der Waals surface area (Å²) < 4.78 is 0. The van der Waals surface area contributed by atoms with Crippen LogP contribution in [0.3, 0.4) is 0 Å². The fourth-order valence-corrected chi connectivity index (χ4v) is 1.94. The molecular weight excluding hydrogens is 216 g/mol. The van der Waals surface area contributed by atoms with Crippen molar-refractivity contribution in [2.75, 3.05) is 6.54 Å². The Balaban J connectivity index is 2.81. The second-order valence-electron chi connectivity index (χ2n) is 4.23. The van der Waals surface area contributed by atoms with Gasteiger partial charge in [-0.3, -0.25) is 10.1 Å². The van der Waals surface area contributed by atoms with E-state index >= 15 is 0 Å². The molecular formula is C13H20N2O2. The lowest BCUT2D eigenvalue weighted by Gasteiger charge is -2.16. The average Bonchev–Trinajstić information content (AvgIpc) is 2.30. The molecule has 0 fully saturated rings. The number of non-ortho nitro benzene ring substituents is 1. The summed E-state index contributed by atoms with van der Waals surface area (Å²) in [5.74, 6) is 0. The van der Waals surface area contributed by atoms with Crippen LogP contribution in [-0.2, 0) is 6.42 Å². The van der Waals surface area contributed by atoms with Crippen molar-refractivity contribution in [3.63, 3.8) is 0 Å². The van der Waals surface area contributed by atoms with E-state index in [1.165, 1.54) is 5.56 Å². The van der Waals surface area contributed by atoms with Crippen LogP contribution >= 0.6 is 0 Å². The van der Waals surface area contributed by atoms with Crippen LogP contribution in [0.15, 0.2) is 18.2 Å². The normalized spacial score (nSPS) is 12.4. The van der Waals surface area contributed by atoms with E-state index < -0.39 is 0 Å². The van der Waals surface area contributed by atoms with Gasteiger partial charge in [0.05, 0.1) is 4.92 Å². The van der Waals surface area contributed by atoms with Gasteiger partial charge in [-0.05, 0) is 37.4 Å². The number of benzene rings is 1. The molecule has 1 atom stereocenters. The number of nitro groups is 1. The number of nitrogens with zero attached hydrogens (tertiary/aromatic N) is 1. The van der Waals surface area contributed by atoms with Crippen molar-refractivity contribution in [1.82, 2.24) is 5.32 Å². The van der Waals surface area contributed by atoms with Gasteiger partial charge in [0.1, 0.15) is 0 Å². The van der Waals surface area contributed by atoms with Crippen LogP contribution in [0.5, 0.6) is 0 Å². The van der Waals surface area contributed by atoms with Gasteiger partial charge in [0.25, 0.3) is 5.69 Å². The lowest BCUT2D eigenvalue weighted by molar-refractivity contribution is -0.384. The molecule has 1 aromatic carbocycles. The highest BCUT2D eigenvalue weighted by Crippen LogP contribution is 2.18. The van der Waals surface area contributed by atoms with Crippen LogP contribution in [0, 0.1) is 17.0 Å². The summed E-state index contributed by atoms with van der Waals surface area (Å²) in [5, 5.41) is 14.1. The molecule has 0 bridgehead atoms. The highest BCUT2D eigenvalue weighted by Gasteiger charge is 2.11. The first kappa shape index (κ1) is 13.6. The molecule has 1 aromatic rings. The highest BCUT2D eigenvalue weighted by molar-refractivity contribution is 5.39. The van der Waals surface area contributed by atoms with Crippen molar-refractivity contribution < 1.29 is 4.92 Å². The van der Waals surface area contributed by atoms with Gasteiger partial charge in [-0.25, -0.2) is 0 Å². The molecule has 0 aliphatic heterocycles. The number of hydrogen-bond donors (Lipinski definition) is 1. The van der Waals surface area contributed by atoms with Crippen LogP contribution in [0.1, 0.15) is 31.4 Å². The molecule has 0 aliphatic carbocycles. The zero-order valence-corrected chi connectivity index (χ0v) is 10.7. The zero-order valence-electron chi connectivity index (χ0n) is 10.7. The van der Waals surface area contributed by atoms with Crippen LogP contribution in [0.4, 0.5) is 5.69 Å². The van der Waals surface area contributed by atoms with Crippen molar-refractivity contribution in [1.29, 1.82) is 0 Å². The van der Waals surface area contributed by atoms with Gasteiger partial charge in [0, 0.05) is 18.2 Å². The Bertz CT molecular complexity index is 391. The molecule has 0 saturated carbocycles. The molecule has 1 rings (SSSR count). The molecule has 4 nitrogen and oxygen atoms in total. The second-order valence-corrected chi connectivity index (χ2v) is 4.23. The molecule has 1 unspecified atom stereocenters. The smallest absolute Gasteiger partial charge is 0.269 e. The summed E-state index contributed by atoms with van der Waals surface area (Å²) in [7, 11) is 0. The molecule has 0 saturated heterocycles. The van der Waals surface area contributed by atoms with E-state index in [1.54, 1.807) is 12.1 Å². The molecule has 4 heteroatoms. The maximum atomic E-state index is 10.6. The van der Waals surface area contributed by atoms with E-state index in [1.807, 2.05) is 13.0 Å². The molecule has 94 valence electrons. The largest absolute Gasteiger partial charge is 0.314 e. The van der Waals surface area contributed by atoms with Crippen molar-refractivity contribution >= 4 is 5.69 Å². The third kappa shape index (κ3) is 3.82. The van der Waals surface area contributed by atoms with Gasteiger partial charge in [-0.1, -0.05) is 19.9 Å². The summed E-state index contributed by atoms with van der Waals surface area (Å²) in [5.41, 5.74) is 2.35. The van der Waals surface area contributed by atoms with E-state index in [2.05, 4.69) is 19.2 Å². The Morgan fingerprint density at radius 3 is 2.59 bits per heavy atom. The summed E-state index contributed by atoms with van der Waals surface area (Å²) >= 11 is 0. The molecule has 0 amide bonds. The zero-order chi connectivity index (χ0) is 12.8. The van der Waals surface area contributed by atoms with Gasteiger partial charge in [-0.2, -0.15) is 0 Å². The minimum absolute atomic E-state index is 0.169. The first-order valence-corrected chi connectivity index (χ1v) is 6.05. The molecule has 0 aromatic heterocycles. The maximum absolute atomic E-state index is 10.6. The molecule has 17 heavy (non-hydrogen) atoms. The van der Waals surface area contributed by atoms with Crippen molar-refractivity contribution in [2.24, 2.45) is 0 Å². The van der Waals surface area contributed by atoms with Gasteiger partial charge in [0.2, 0.25) is 0 Å². The monoisotopic (exact) mass is 236 g/mol. The SMILES string of the molecule is CCNC(CC)Cc1ccc([N+](=O)[O-])cc1C. The first-order chi connectivity index (χ1) is 8.08. The maximum Gasteiger partial charge on any atom is 0.269 e.